The van der Waals surface area contributed by atoms with Crippen LogP contribution in [0, 0.1) is 5.41 Å². The molecular weight excluding hydrogens is 364 g/mol. The highest BCUT2D eigenvalue weighted by Crippen LogP contribution is 2.44. The van der Waals surface area contributed by atoms with E-state index in [1.807, 2.05) is 70.2 Å². The minimum atomic E-state index is -1.25. The summed E-state index contributed by atoms with van der Waals surface area (Å²) in [6, 6.07) is 15.2. The van der Waals surface area contributed by atoms with Crippen molar-refractivity contribution in [3.63, 3.8) is 0 Å². The lowest BCUT2D eigenvalue weighted by Gasteiger charge is -2.30. The Morgan fingerprint density at radius 1 is 1.14 bits per heavy atom. The van der Waals surface area contributed by atoms with E-state index in [0.29, 0.717) is 24.2 Å². The van der Waals surface area contributed by atoms with Crippen LogP contribution in [0.3, 0.4) is 0 Å². The van der Waals surface area contributed by atoms with Gasteiger partial charge in [0.15, 0.2) is 5.78 Å². The molecule has 0 spiro atoms. The normalized spacial score (nSPS) is 19.1. The van der Waals surface area contributed by atoms with Crippen LogP contribution in [0.5, 0.6) is 5.75 Å². The van der Waals surface area contributed by atoms with Gasteiger partial charge in [-0.25, -0.2) is 0 Å². The molecule has 3 rings (SSSR count). The van der Waals surface area contributed by atoms with Crippen LogP contribution in [0.25, 0.3) is 6.08 Å². The van der Waals surface area contributed by atoms with Crippen LogP contribution in [0.1, 0.15) is 55.6 Å². The number of ether oxygens (including phenoxy) is 2. The fraction of sp³-hybridized carbons (Fsp3) is 0.360. The van der Waals surface area contributed by atoms with Crippen molar-refractivity contribution in [3.8, 4) is 5.75 Å². The molecular formula is C25H28O4. The number of hydrogen-bond acceptors (Lipinski definition) is 4. The molecule has 0 amide bonds. The minimum absolute atomic E-state index is 0.176. The van der Waals surface area contributed by atoms with Gasteiger partial charge >= 0.3 is 5.97 Å². The van der Waals surface area contributed by atoms with Gasteiger partial charge in [0.25, 0.3) is 0 Å². The maximum absolute atomic E-state index is 13.5. The van der Waals surface area contributed by atoms with Gasteiger partial charge in [-0.3, -0.25) is 9.59 Å². The van der Waals surface area contributed by atoms with E-state index in [1.54, 1.807) is 19.2 Å². The second-order valence-corrected chi connectivity index (χ2v) is 8.69. The zero-order chi connectivity index (χ0) is 21.2. The maximum Gasteiger partial charge on any atom is 0.321 e. The highest BCUT2D eigenvalue weighted by atomic mass is 16.6. The molecule has 0 saturated carbocycles. The predicted octanol–water partition coefficient (Wildman–Crippen LogP) is 5.26. The van der Waals surface area contributed by atoms with Gasteiger partial charge < -0.3 is 9.47 Å². The van der Waals surface area contributed by atoms with Gasteiger partial charge in [-0.2, -0.15) is 0 Å². The van der Waals surface area contributed by atoms with Crippen LogP contribution in [0.15, 0.2) is 54.1 Å². The Hall–Kier alpha value is -2.88. The molecule has 1 aliphatic carbocycles. The third kappa shape index (κ3) is 4.42. The van der Waals surface area contributed by atoms with E-state index in [0.717, 1.165) is 16.7 Å². The third-order valence-electron chi connectivity index (χ3n) is 5.07. The van der Waals surface area contributed by atoms with Crippen molar-refractivity contribution in [2.45, 2.75) is 46.1 Å². The van der Waals surface area contributed by atoms with Crippen molar-refractivity contribution >= 4 is 17.8 Å². The molecule has 0 N–H and O–H groups in total. The molecule has 4 nitrogen and oxygen atoms in total. The van der Waals surface area contributed by atoms with E-state index in [2.05, 4.69) is 0 Å². The molecule has 2 aromatic carbocycles. The monoisotopic (exact) mass is 392 g/mol. The van der Waals surface area contributed by atoms with E-state index in [9.17, 15) is 9.59 Å². The average molecular weight is 392 g/mol. The van der Waals surface area contributed by atoms with E-state index in [4.69, 9.17) is 9.47 Å². The first-order chi connectivity index (χ1) is 13.6. The molecule has 0 aliphatic heterocycles. The highest BCUT2D eigenvalue weighted by Gasteiger charge is 2.53. The van der Waals surface area contributed by atoms with E-state index >= 15 is 0 Å². The van der Waals surface area contributed by atoms with Gasteiger partial charge in [-0.15, -0.1) is 0 Å². The zero-order valence-electron chi connectivity index (χ0n) is 17.7. The second kappa shape index (κ2) is 7.86. The van der Waals surface area contributed by atoms with E-state index < -0.39 is 17.0 Å². The zero-order valence-corrected chi connectivity index (χ0v) is 17.7. The number of hydrogen-bond donors (Lipinski definition) is 0. The molecule has 152 valence electrons. The van der Waals surface area contributed by atoms with Gasteiger partial charge in [-0.1, -0.05) is 42.0 Å². The molecule has 0 radical (unpaired) electrons. The maximum atomic E-state index is 13.5. The van der Waals surface area contributed by atoms with Crippen molar-refractivity contribution in [2.75, 3.05) is 7.11 Å². The lowest BCUT2D eigenvalue weighted by molar-refractivity contribution is -0.164. The van der Waals surface area contributed by atoms with Crippen LogP contribution >= 0.6 is 0 Å². The minimum Gasteiger partial charge on any atom is -0.497 e. The summed E-state index contributed by atoms with van der Waals surface area (Å²) in [5.41, 5.74) is 1.46. The summed E-state index contributed by atoms with van der Waals surface area (Å²) in [5, 5.41) is 0. The first-order valence-corrected chi connectivity index (χ1v) is 9.82. The third-order valence-corrected chi connectivity index (χ3v) is 5.07. The Labute approximate surface area is 172 Å². The first-order valence-electron chi connectivity index (χ1n) is 9.82. The van der Waals surface area contributed by atoms with Gasteiger partial charge in [-0.05, 0) is 69.9 Å². The van der Waals surface area contributed by atoms with Crippen LogP contribution in [0.2, 0.25) is 0 Å². The lowest BCUT2D eigenvalue weighted by atomic mass is 9.77. The fourth-order valence-electron chi connectivity index (χ4n) is 3.84. The van der Waals surface area contributed by atoms with Gasteiger partial charge in [0.05, 0.1) is 7.11 Å². The number of Topliss-reactive ketones (excluding diaryl/α,β-unsaturated/α-hetero) is 1. The Morgan fingerprint density at radius 2 is 1.83 bits per heavy atom. The lowest BCUT2D eigenvalue weighted by Crippen LogP contribution is -2.42. The molecule has 4 heteroatoms. The second-order valence-electron chi connectivity index (χ2n) is 8.69. The van der Waals surface area contributed by atoms with Crippen molar-refractivity contribution < 1.29 is 19.1 Å². The van der Waals surface area contributed by atoms with Crippen LogP contribution < -0.4 is 4.74 Å². The summed E-state index contributed by atoms with van der Waals surface area (Å²) < 4.78 is 11.0. The van der Waals surface area contributed by atoms with Gasteiger partial charge in [0, 0.05) is 5.56 Å². The average Bonchev–Trinajstić information content (AvgIpc) is 2.93. The number of esters is 1. The Morgan fingerprint density at radius 3 is 2.45 bits per heavy atom. The number of allylic oxidation sites excluding steroid dienone is 1. The number of fused-ring (bicyclic) bond motifs is 1. The molecule has 0 heterocycles. The van der Waals surface area contributed by atoms with Crippen molar-refractivity contribution in [2.24, 2.45) is 5.41 Å². The molecule has 2 aromatic rings. The Kier molecular flexibility index (Phi) is 5.65. The van der Waals surface area contributed by atoms with Crippen molar-refractivity contribution in [3.05, 3.63) is 70.8 Å². The van der Waals surface area contributed by atoms with Gasteiger partial charge in [0.1, 0.15) is 16.8 Å². The Balaban J connectivity index is 2.01. The summed E-state index contributed by atoms with van der Waals surface area (Å²) in [5.74, 6) is 0.0317. The highest BCUT2D eigenvalue weighted by molar-refractivity contribution is 6.16. The van der Waals surface area contributed by atoms with Crippen LogP contribution in [-0.4, -0.2) is 24.5 Å². The number of carbonyl (C=O) groups is 2. The van der Waals surface area contributed by atoms with Crippen molar-refractivity contribution in [1.82, 2.24) is 0 Å². The topological polar surface area (TPSA) is 52.6 Å². The fourth-order valence-corrected chi connectivity index (χ4v) is 3.84. The molecule has 0 saturated heterocycles. The molecule has 0 bridgehead atoms. The smallest absolute Gasteiger partial charge is 0.321 e. The van der Waals surface area contributed by atoms with E-state index in [-0.39, 0.29) is 5.78 Å². The number of benzene rings is 2. The molecule has 1 aliphatic rings. The molecule has 0 aromatic heterocycles. The molecule has 29 heavy (non-hydrogen) atoms. The van der Waals surface area contributed by atoms with Crippen LogP contribution in [0.4, 0.5) is 0 Å². The first kappa shape index (κ1) is 20.8. The number of ketones is 1. The van der Waals surface area contributed by atoms with Crippen molar-refractivity contribution in [1.29, 1.82) is 0 Å². The van der Waals surface area contributed by atoms with Crippen LogP contribution in [-0.2, 0) is 16.0 Å². The Bertz CT molecular complexity index is 951. The molecule has 0 unspecified atom stereocenters. The number of carbonyl (C=O) groups excluding carboxylic acids is 2. The largest absolute Gasteiger partial charge is 0.497 e. The summed E-state index contributed by atoms with van der Waals surface area (Å²) in [6.45, 7) is 7.42. The summed E-state index contributed by atoms with van der Waals surface area (Å²) >= 11 is 0. The molecule has 1 atom stereocenters. The summed E-state index contributed by atoms with van der Waals surface area (Å²) in [6.07, 6.45) is 2.64. The molecule has 0 fully saturated rings. The van der Waals surface area contributed by atoms with E-state index in [1.165, 1.54) is 0 Å². The number of methoxy groups -OCH3 is 1. The predicted molar refractivity (Wildman–Crippen MR) is 114 cm³/mol. The summed E-state index contributed by atoms with van der Waals surface area (Å²) in [7, 11) is 1.59. The van der Waals surface area contributed by atoms with Gasteiger partial charge in [0.2, 0.25) is 0 Å². The summed E-state index contributed by atoms with van der Waals surface area (Å²) in [4.78, 5) is 26.8. The number of rotatable bonds is 5. The quantitative estimate of drug-likeness (QED) is 0.515. The standard InChI is InChI=1S/C25H28O4/c1-17(13-18-9-7-6-8-10-18)15-25(23(27)29-24(2,3)4)16-19-14-20(28-5)11-12-21(19)22(25)26/h6-14H,15-16H2,1-5H3/b17-13+/t25-/m0/s1. The SMILES string of the molecule is COc1ccc2c(c1)C[C@](C/C(C)=C/c1ccccc1)(C(=O)OC(C)(C)C)C2=O.